The quantitative estimate of drug-likeness (QED) is 0.583. The molecule has 4 aromatic rings. The van der Waals surface area contributed by atoms with E-state index in [2.05, 4.69) is 0 Å². The highest BCUT2D eigenvalue weighted by molar-refractivity contribution is 6.16. The highest BCUT2D eigenvalue weighted by atomic mass is 16.5. The second-order valence-electron chi connectivity index (χ2n) is 5.49. The molecule has 118 valence electrons. The van der Waals surface area contributed by atoms with E-state index in [1.54, 1.807) is 12.1 Å². The average Bonchev–Trinajstić information content (AvgIpc) is 3.00. The first kappa shape index (κ1) is 14.3. The molecule has 0 aliphatic heterocycles. The Morgan fingerprint density at radius 2 is 1.71 bits per heavy atom. The predicted molar refractivity (Wildman–Crippen MR) is 91.5 cm³/mol. The summed E-state index contributed by atoms with van der Waals surface area (Å²) >= 11 is 0. The van der Waals surface area contributed by atoms with Crippen molar-refractivity contribution in [1.29, 1.82) is 0 Å². The van der Waals surface area contributed by atoms with Gasteiger partial charge < -0.3 is 14.3 Å². The number of furan rings is 1. The Kier molecular flexibility index (Phi) is 3.43. The molecule has 4 nitrogen and oxygen atoms in total. The highest BCUT2D eigenvalue weighted by Crippen LogP contribution is 2.37. The molecule has 0 bridgehead atoms. The van der Waals surface area contributed by atoms with Crippen LogP contribution < -0.4 is 4.74 Å². The summed E-state index contributed by atoms with van der Waals surface area (Å²) in [4.78, 5) is 11.6. The van der Waals surface area contributed by atoms with Gasteiger partial charge in [-0.2, -0.15) is 0 Å². The lowest BCUT2D eigenvalue weighted by Gasteiger charge is -2.08. The highest BCUT2D eigenvalue weighted by Gasteiger charge is 2.19. The summed E-state index contributed by atoms with van der Waals surface area (Å²) in [5, 5.41) is 10.8. The van der Waals surface area contributed by atoms with Crippen molar-refractivity contribution in [2.75, 3.05) is 0 Å². The normalized spacial score (nSPS) is 11.0. The summed E-state index contributed by atoms with van der Waals surface area (Å²) in [6.45, 7) is 0.388. The molecular formula is C20H14O4. The lowest BCUT2D eigenvalue weighted by Crippen LogP contribution is -1.99. The van der Waals surface area contributed by atoms with Crippen LogP contribution in [0.2, 0.25) is 0 Å². The van der Waals surface area contributed by atoms with Crippen molar-refractivity contribution in [3.63, 3.8) is 0 Å². The van der Waals surface area contributed by atoms with E-state index in [1.807, 2.05) is 54.6 Å². The molecule has 0 saturated heterocycles. The van der Waals surface area contributed by atoms with Crippen LogP contribution in [0.1, 0.15) is 15.9 Å². The number of hydrogen-bond acceptors (Lipinski definition) is 3. The predicted octanol–water partition coefficient (Wildman–Crippen LogP) is 4.86. The minimum atomic E-state index is -0.985. The zero-order chi connectivity index (χ0) is 16.5. The fraction of sp³-hybridized carbons (Fsp3) is 0.0500. The third-order valence-electron chi connectivity index (χ3n) is 3.96. The molecule has 24 heavy (non-hydrogen) atoms. The molecule has 1 N–H and O–H groups in total. The third kappa shape index (κ3) is 2.38. The number of benzene rings is 3. The molecule has 0 radical (unpaired) electrons. The Hall–Kier alpha value is -3.27. The second kappa shape index (κ2) is 5.74. The number of aromatic carboxylic acids is 1. The third-order valence-corrected chi connectivity index (χ3v) is 3.96. The van der Waals surface area contributed by atoms with Crippen LogP contribution >= 0.6 is 0 Å². The van der Waals surface area contributed by atoms with Gasteiger partial charge in [-0.3, -0.25) is 0 Å². The van der Waals surface area contributed by atoms with Gasteiger partial charge in [-0.05, 0) is 23.8 Å². The van der Waals surface area contributed by atoms with Gasteiger partial charge in [-0.1, -0.05) is 48.5 Å². The van der Waals surface area contributed by atoms with Crippen LogP contribution in [0.25, 0.3) is 21.9 Å². The molecule has 0 aliphatic carbocycles. The molecule has 1 aromatic heterocycles. The smallest absolute Gasteiger partial charge is 0.336 e. The number of hydrogen-bond donors (Lipinski definition) is 1. The maximum atomic E-state index is 11.6. The number of rotatable bonds is 4. The van der Waals surface area contributed by atoms with E-state index in [4.69, 9.17) is 9.15 Å². The van der Waals surface area contributed by atoms with Gasteiger partial charge in [0.05, 0.1) is 5.56 Å². The summed E-state index contributed by atoms with van der Waals surface area (Å²) in [5.41, 5.74) is 2.35. The van der Waals surface area contributed by atoms with Gasteiger partial charge in [0.2, 0.25) is 0 Å². The summed E-state index contributed by atoms with van der Waals surface area (Å²) in [6.07, 6.45) is 0. The van der Waals surface area contributed by atoms with Crippen LogP contribution in [-0.4, -0.2) is 11.1 Å². The van der Waals surface area contributed by atoms with E-state index in [0.29, 0.717) is 28.9 Å². The molecule has 4 heteroatoms. The van der Waals surface area contributed by atoms with Crippen molar-refractivity contribution in [2.24, 2.45) is 0 Å². The molecule has 0 aliphatic rings. The van der Waals surface area contributed by atoms with Crippen molar-refractivity contribution < 1.29 is 19.1 Å². The van der Waals surface area contributed by atoms with Crippen LogP contribution in [0.15, 0.2) is 71.1 Å². The number of ether oxygens (including phenoxy) is 1. The Labute approximate surface area is 137 Å². The molecule has 0 amide bonds. The summed E-state index contributed by atoms with van der Waals surface area (Å²) in [7, 11) is 0. The van der Waals surface area contributed by atoms with Crippen LogP contribution in [0.4, 0.5) is 0 Å². The van der Waals surface area contributed by atoms with Gasteiger partial charge in [-0.25, -0.2) is 4.79 Å². The number of carboxylic acids is 1. The lowest BCUT2D eigenvalue weighted by atomic mass is 10.1. The standard InChI is InChI=1S/C20H14O4/c21-20(22)15-10-11-17(23-12-13-6-2-1-3-7-13)19-18(15)14-8-4-5-9-16(14)24-19/h1-11H,12H2,(H,21,22). The molecule has 3 aromatic carbocycles. The van der Waals surface area contributed by atoms with Crippen molar-refractivity contribution in [2.45, 2.75) is 6.61 Å². The second-order valence-corrected chi connectivity index (χ2v) is 5.49. The van der Waals surface area contributed by atoms with Crippen molar-refractivity contribution in [3.05, 3.63) is 77.9 Å². The van der Waals surface area contributed by atoms with E-state index in [9.17, 15) is 9.90 Å². The molecular weight excluding hydrogens is 304 g/mol. The minimum absolute atomic E-state index is 0.210. The SMILES string of the molecule is O=C(O)c1ccc(OCc2ccccc2)c2oc3ccccc3c12. The summed E-state index contributed by atoms with van der Waals surface area (Å²) in [5.74, 6) is -0.448. The van der Waals surface area contributed by atoms with E-state index in [1.165, 1.54) is 0 Å². The first-order valence-electron chi connectivity index (χ1n) is 7.58. The summed E-state index contributed by atoms with van der Waals surface area (Å²) < 4.78 is 11.8. The monoisotopic (exact) mass is 318 g/mol. The molecule has 1 heterocycles. The molecule has 0 atom stereocenters. The Balaban J connectivity index is 1.85. The van der Waals surface area contributed by atoms with Crippen molar-refractivity contribution in [3.8, 4) is 5.75 Å². The van der Waals surface area contributed by atoms with Gasteiger partial charge in [0.15, 0.2) is 11.3 Å². The zero-order valence-electron chi connectivity index (χ0n) is 12.7. The van der Waals surface area contributed by atoms with E-state index < -0.39 is 5.97 Å². The minimum Gasteiger partial charge on any atom is -0.485 e. The van der Waals surface area contributed by atoms with E-state index in [0.717, 1.165) is 10.9 Å². The number of para-hydroxylation sites is 1. The number of carboxylic acid groups (broad SMARTS) is 1. The van der Waals surface area contributed by atoms with Gasteiger partial charge in [0.25, 0.3) is 0 Å². The summed E-state index contributed by atoms with van der Waals surface area (Å²) in [6, 6.07) is 20.4. The molecule has 0 fully saturated rings. The first-order valence-corrected chi connectivity index (χ1v) is 7.58. The molecule has 4 rings (SSSR count). The Bertz CT molecular complexity index is 1030. The van der Waals surface area contributed by atoms with Crippen molar-refractivity contribution >= 4 is 27.9 Å². The van der Waals surface area contributed by atoms with Crippen LogP contribution in [-0.2, 0) is 6.61 Å². The first-order chi connectivity index (χ1) is 11.7. The van der Waals surface area contributed by atoms with E-state index in [-0.39, 0.29) is 5.56 Å². The van der Waals surface area contributed by atoms with Crippen LogP contribution in [0.3, 0.4) is 0 Å². The topological polar surface area (TPSA) is 59.7 Å². The van der Waals surface area contributed by atoms with Crippen LogP contribution in [0, 0.1) is 0 Å². The van der Waals surface area contributed by atoms with Crippen molar-refractivity contribution in [1.82, 2.24) is 0 Å². The Morgan fingerprint density at radius 1 is 0.958 bits per heavy atom. The average molecular weight is 318 g/mol. The van der Waals surface area contributed by atoms with Gasteiger partial charge in [-0.15, -0.1) is 0 Å². The van der Waals surface area contributed by atoms with E-state index >= 15 is 0 Å². The fourth-order valence-corrected chi connectivity index (χ4v) is 2.83. The van der Waals surface area contributed by atoms with Gasteiger partial charge >= 0.3 is 5.97 Å². The maximum absolute atomic E-state index is 11.6. The Morgan fingerprint density at radius 3 is 2.50 bits per heavy atom. The lowest BCUT2D eigenvalue weighted by molar-refractivity contribution is 0.0699. The van der Waals surface area contributed by atoms with Gasteiger partial charge in [0.1, 0.15) is 12.2 Å². The number of fused-ring (bicyclic) bond motifs is 3. The van der Waals surface area contributed by atoms with Crippen LogP contribution in [0.5, 0.6) is 5.75 Å². The fourth-order valence-electron chi connectivity index (χ4n) is 2.83. The number of carbonyl (C=O) groups is 1. The maximum Gasteiger partial charge on any atom is 0.336 e. The largest absolute Gasteiger partial charge is 0.485 e. The molecule has 0 saturated carbocycles. The molecule has 0 spiro atoms. The molecule has 0 unspecified atom stereocenters. The zero-order valence-corrected chi connectivity index (χ0v) is 12.7. The van der Waals surface area contributed by atoms with Gasteiger partial charge in [0, 0.05) is 10.8 Å².